The lowest BCUT2D eigenvalue weighted by atomic mass is 9.89. The van der Waals surface area contributed by atoms with E-state index < -0.39 is 0 Å². The van der Waals surface area contributed by atoms with Gasteiger partial charge in [-0.3, -0.25) is 0 Å². The predicted molar refractivity (Wildman–Crippen MR) is 90.8 cm³/mol. The fourth-order valence-electron chi connectivity index (χ4n) is 3.79. The molecule has 1 heterocycles. The third-order valence-corrected chi connectivity index (χ3v) is 5.14. The summed E-state index contributed by atoms with van der Waals surface area (Å²) in [6.45, 7) is 4.70. The normalized spacial score (nSPS) is 20.7. The highest BCUT2D eigenvalue weighted by molar-refractivity contribution is 5.47. The second-order valence-electron chi connectivity index (χ2n) is 6.85. The maximum absolute atomic E-state index is 3.66. The SMILES string of the molecule is c1cc(N2CCCCC2)ccc1CNCC1CCCCC1. The predicted octanol–water partition coefficient (Wildman–Crippen LogP) is 4.35. The van der Waals surface area contributed by atoms with E-state index in [1.54, 1.807) is 0 Å². The first-order chi connectivity index (χ1) is 10.4. The molecule has 0 spiro atoms. The number of nitrogens with one attached hydrogen (secondary N) is 1. The summed E-state index contributed by atoms with van der Waals surface area (Å²) in [4.78, 5) is 2.53. The molecule has 1 aromatic carbocycles. The van der Waals surface area contributed by atoms with E-state index in [1.165, 1.54) is 82.3 Å². The van der Waals surface area contributed by atoms with Crippen LogP contribution in [0.3, 0.4) is 0 Å². The van der Waals surface area contributed by atoms with Crippen molar-refractivity contribution in [2.75, 3.05) is 24.5 Å². The van der Waals surface area contributed by atoms with E-state index in [0.717, 1.165) is 12.5 Å². The van der Waals surface area contributed by atoms with Gasteiger partial charge < -0.3 is 10.2 Å². The second-order valence-corrected chi connectivity index (χ2v) is 6.85. The Kier molecular flexibility index (Phi) is 5.56. The zero-order valence-electron chi connectivity index (χ0n) is 13.3. The van der Waals surface area contributed by atoms with Gasteiger partial charge in [0.15, 0.2) is 0 Å². The molecule has 2 aliphatic rings. The van der Waals surface area contributed by atoms with Gasteiger partial charge in [0, 0.05) is 25.3 Å². The van der Waals surface area contributed by atoms with Gasteiger partial charge in [-0.25, -0.2) is 0 Å². The van der Waals surface area contributed by atoms with Crippen LogP contribution < -0.4 is 10.2 Å². The van der Waals surface area contributed by atoms with Crippen LogP contribution in [-0.4, -0.2) is 19.6 Å². The molecule has 2 nitrogen and oxygen atoms in total. The first-order valence-corrected chi connectivity index (χ1v) is 8.96. The van der Waals surface area contributed by atoms with Crippen molar-refractivity contribution >= 4 is 5.69 Å². The summed E-state index contributed by atoms with van der Waals surface area (Å²) in [6, 6.07) is 9.22. The van der Waals surface area contributed by atoms with Gasteiger partial charge in [0.2, 0.25) is 0 Å². The topological polar surface area (TPSA) is 15.3 Å². The van der Waals surface area contributed by atoms with E-state index in [1.807, 2.05) is 0 Å². The molecule has 1 aromatic rings. The lowest BCUT2D eigenvalue weighted by Gasteiger charge is -2.29. The Balaban J connectivity index is 1.43. The summed E-state index contributed by atoms with van der Waals surface area (Å²) >= 11 is 0. The highest BCUT2D eigenvalue weighted by Gasteiger charge is 2.13. The minimum absolute atomic E-state index is 0.923. The molecule has 0 amide bonds. The molecule has 0 bridgehead atoms. The highest BCUT2D eigenvalue weighted by Crippen LogP contribution is 2.23. The number of anilines is 1. The molecule has 2 fully saturated rings. The molecular weight excluding hydrogens is 256 g/mol. The smallest absolute Gasteiger partial charge is 0.0366 e. The molecule has 1 aliphatic carbocycles. The highest BCUT2D eigenvalue weighted by atomic mass is 15.1. The van der Waals surface area contributed by atoms with Crippen molar-refractivity contribution in [3.8, 4) is 0 Å². The molecule has 1 saturated heterocycles. The van der Waals surface area contributed by atoms with Crippen molar-refractivity contribution < 1.29 is 0 Å². The van der Waals surface area contributed by atoms with Crippen LogP contribution in [0.5, 0.6) is 0 Å². The second kappa shape index (κ2) is 7.84. The number of hydrogen-bond donors (Lipinski definition) is 1. The first-order valence-electron chi connectivity index (χ1n) is 8.96. The van der Waals surface area contributed by atoms with Gasteiger partial charge in [-0.15, -0.1) is 0 Å². The third kappa shape index (κ3) is 4.47. The molecule has 1 aliphatic heterocycles. The molecule has 0 radical (unpaired) electrons. The molecule has 0 aromatic heterocycles. The van der Waals surface area contributed by atoms with E-state index in [4.69, 9.17) is 0 Å². The zero-order valence-corrected chi connectivity index (χ0v) is 13.3. The standard InChI is InChI=1S/C19H30N2/c1-3-7-17(8-4-1)15-20-16-18-9-11-19(12-10-18)21-13-5-2-6-14-21/h9-12,17,20H,1-8,13-16H2. The Labute approximate surface area is 129 Å². The van der Waals surface area contributed by atoms with Crippen molar-refractivity contribution in [1.82, 2.24) is 5.32 Å². The summed E-state index contributed by atoms with van der Waals surface area (Å²) in [6.07, 6.45) is 11.3. The fraction of sp³-hybridized carbons (Fsp3) is 0.684. The van der Waals surface area contributed by atoms with Crippen LogP contribution in [0.2, 0.25) is 0 Å². The van der Waals surface area contributed by atoms with E-state index in [9.17, 15) is 0 Å². The fourth-order valence-corrected chi connectivity index (χ4v) is 3.79. The van der Waals surface area contributed by atoms with Gasteiger partial charge in [0.05, 0.1) is 0 Å². The Morgan fingerprint density at radius 2 is 1.52 bits per heavy atom. The van der Waals surface area contributed by atoms with Gasteiger partial charge >= 0.3 is 0 Å². The molecule has 3 rings (SSSR count). The van der Waals surface area contributed by atoms with Crippen LogP contribution >= 0.6 is 0 Å². The van der Waals surface area contributed by atoms with Crippen LogP contribution in [0.4, 0.5) is 5.69 Å². The third-order valence-electron chi connectivity index (χ3n) is 5.14. The van der Waals surface area contributed by atoms with Crippen molar-refractivity contribution in [1.29, 1.82) is 0 Å². The van der Waals surface area contributed by atoms with Gasteiger partial charge in [0.25, 0.3) is 0 Å². The van der Waals surface area contributed by atoms with Crippen LogP contribution in [-0.2, 0) is 6.54 Å². The summed E-state index contributed by atoms with van der Waals surface area (Å²) in [5, 5.41) is 3.66. The number of piperidine rings is 1. The molecule has 21 heavy (non-hydrogen) atoms. The van der Waals surface area contributed by atoms with E-state index >= 15 is 0 Å². The number of benzene rings is 1. The monoisotopic (exact) mass is 286 g/mol. The van der Waals surface area contributed by atoms with Crippen LogP contribution in [0.25, 0.3) is 0 Å². The zero-order chi connectivity index (χ0) is 14.3. The van der Waals surface area contributed by atoms with Crippen LogP contribution in [0, 0.1) is 5.92 Å². The minimum Gasteiger partial charge on any atom is -0.372 e. The van der Waals surface area contributed by atoms with E-state index in [0.29, 0.717) is 0 Å². The number of rotatable bonds is 5. The van der Waals surface area contributed by atoms with Gasteiger partial charge in [-0.2, -0.15) is 0 Å². The summed E-state index contributed by atoms with van der Waals surface area (Å²) in [7, 11) is 0. The van der Waals surface area contributed by atoms with Crippen molar-refractivity contribution in [3.63, 3.8) is 0 Å². The average Bonchev–Trinajstić information content (AvgIpc) is 2.57. The van der Waals surface area contributed by atoms with E-state index in [-0.39, 0.29) is 0 Å². The molecule has 0 unspecified atom stereocenters. The summed E-state index contributed by atoms with van der Waals surface area (Å²) < 4.78 is 0. The average molecular weight is 286 g/mol. The number of nitrogens with zero attached hydrogens (tertiary/aromatic N) is 1. The van der Waals surface area contributed by atoms with Crippen molar-refractivity contribution in [3.05, 3.63) is 29.8 Å². The van der Waals surface area contributed by atoms with Crippen LogP contribution in [0.1, 0.15) is 56.9 Å². The van der Waals surface area contributed by atoms with Crippen molar-refractivity contribution in [2.24, 2.45) is 5.92 Å². The maximum Gasteiger partial charge on any atom is 0.0366 e. The van der Waals surface area contributed by atoms with Crippen LogP contribution in [0.15, 0.2) is 24.3 Å². The van der Waals surface area contributed by atoms with Crippen molar-refractivity contribution in [2.45, 2.75) is 57.9 Å². The minimum atomic E-state index is 0.923. The lowest BCUT2D eigenvalue weighted by Crippen LogP contribution is -2.29. The number of hydrogen-bond acceptors (Lipinski definition) is 2. The lowest BCUT2D eigenvalue weighted by molar-refractivity contribution is 0.342. The molecular formula is C19H30N2. The first kappa shape index (κ1) is 14.9. The van der Waals surface area contributed by atoms with E-state index in [2.05, 4.69) is 34.5 Å². The van der Waals surface area contributed by atoms with Gasteiger partial charge in [-0.1, -0.05) is 31.4 Å². The Hall–Kier alpha value is -1.02. The molecule has 0 atom stereocenters. The molecule has 2 heteroatoms. The van der Waals surface area contributed by atoms with Gasteiger partial charge in [-0.05, 0) is 62.3 Å². The molecule has 1 N–H and O–H groups in total. The largest absolute Gasteiger partial charge is 0.372 e. The summed E-state index contributed by atoms with van der Waals surface area (Å²) in [5.74, 6) is 0.923. The Morgan fingerprint density at radius 3 is 2.24 bits per heavy atom. The quantitative estimate of drug-likeness (QED) is 0.866. The Morgan fingerprint density at radius 1 is 0.857 bits per heavy atom. The molecule has 1 saturated carbocycles. The van der Waals surface area contributed by atoms with Gasteiger partial charge in [0.1, 0.15) is 0 Å². The maximum atomic E-state index is 3.66. The Bertz CT molecular complexity index is 400. The summed E-state index contributed by atoms with van der Waals surface area (Å²) in [5.41, 5.74) is 2.83. The molecule has 116 valence electrons.